The number of amides is 1. The van der Waals surface area contributed by atoms with Gasteiger partial charge in [-0.25, -0.2) is 4.98 Å². The third kappa shape index (κ3) is 5.13. The van der Waals surface area contributed by atoms with E-state index in [1.807, 2.05) is 39.0 Å². The molecule has 2 N–H and O–H groups in total. The van der Waals surface area contributed by atoms with E-state index in [0.717, 1.165) is 15.7 Å². The van der Waals surface area contributed by atoms with Crippen LogP contribution in [0, 0.1) is 6.92 Å². The van der Waals surface area contributed by atoms with Gasteiger partial charge in [0.1, 0.15) is 11.6 Å². The van der Waals surface area contributed by atoms with Crippen LogP contribution in [0.2, 0.25) is 0 Å². The van der Waals surface area contributed by atoms with E-state index < -0.39 is 42.6 Å². The molecule has 0 saturated heterocycles. The summed E-state index contributed by atoms with van der Waals surface area (Å²) in [5.74, 6) is -0.282. The van der Waals surface area contributed by atoms with Crippen molar-refractivity contribution in [3.05, 3.63) is 47.5 Å². The number of hydrogen-bond acceptors (Lipinski definition) is 4. The van der Waals surface area contributed by atoms with Crippen molar-refractivity contribution < 1.29 is 27.8 Å². The van der Waals surface area contributed by atoms with Crippen molar-refractivity contribution in [2.75, 3.05) is 6.54 Å². The van der Waals surface area contributed by atoms with E-state index in [1.165, 1.54) is 26.4 Å². The van der Waals surface area contributed by atoms with E-state index in [2.05, 4.69) is 10.3 Å². The number of nitrogens with one attached hydrogen (secondary N) is 1. The van der Waals surface area contributed by atoms with E-state index in [0.29, 0.717) is 5.75 Å². The maximum absolute atomic E-state index is 13.5. The van der Waals surface area contributed by atoms with Gasteiger partial charge in [-0.05, 0) is 37.0 Å². The summed E-state index contributed by atoms with van der Waals surface area (Å²) in [6, 6.07) is 5.73. The Morgan fingerprint density at radius 3 is 2.50 bits per heavy atom. The summed E-state index contributed by atoms with van der Waals surface area (Å²) >= 11 is 0. The Morgan fingerprint density at radius 1 is 1.30 bits per heavy atom. The van der Waals surface area contributed by atoms with Crippen molar-refractivity contribution in [3.63, 3.8) is 0 Å². The first-order chi connectivity index (χ1) is 13.9. The maximum Gasteiger partial charge on any atom is 0.424 e. The second kappa shape index (κ2) is 9.07. The standard InChI is InChI=1S/C21H28F3N3O3/c1-13(2)16-7-6-14(3)17(12-16)30-15(4)18(28)25-9-8-20(29,21(22,23)24)19-26-10-11-27(19)5/h6-7,10-13,15,29H,8-9H2,1-5H3,(H,25,28). The number of rotatable bonds is 8. The molecule has 2 rings (SSSR count). The minimum absolute atomic E-state index is 0.281. The number of halogens is 3. The van der Waals surface area contributed by atoms with Gasteiger partial charge in [0, 0.05) is 32.4 Å². The molecule has 1 aromatic heterocycles. The fourth-order valence-electron chi connectivity index (χ4n) is 3.00. The van der Waals surface area contributed by atoms with Crippen LogP contribution in [0.5, 0.6) is 5.75 Å². The fraction of sp³-hybridized carbons (Fsp3) is 0.524. The summed E-state index contributed by atoms with van der Waals surface area (Å²) in [4.78, 5) is 16.0. The lowest BCUT2D eigenvalue weighted by Gasteiger charge is -2.30. The molecule has 0 aliphatic rings. The lowest BCUT2D eigenvalue weighted by molar-refractivity contribution is -0.272. The highest BCUT2D eigenvalue weighted by Gasteiger charge is 2.57. The molecule has 2 atom stereocenters. The molecule has 2 aromatic rings. The predicted octanol–water partition coefficient (Wildman–Crippen LogP) is 3.58. The van der Waals surface area contributed by atoms with Gasteiger partial charge in [-0.15, -0.1) is 0 Å². The molecule has 0 bridgehead atoms. The van der Waals surface area contributed by atoms with Gasteiger partial charge in [-0.3, -0.25) is 4.79 Å². The zero-order valence-electron chi connectivity index (χ0n) is 17.7. The molecule has 1 aromatic carbocycles. The van der Waals surface area contributed by atoms with Gasteiger partial charge in [0.15, 0.2) is 6.10 Å². The number of carbonyl (C=O) groups is 1. The summed E-state index contributed by atoms with van der Waals surface area (Å²) in [5, 5.41) is 12.7. The quantitative estimate of drug-likeness (QED) is 0.675. The number of aliphatic hydroxyl groups is 1. The van der Waals surface area contributed by atoms with Crippen LogP contribution in [0.3, 0.4) is 0 Å². The van der Waals surface area contributed by atoms with Crippen LogP contribution >= 0.6 is 0 Å². The van der Waals surface area contributed by atoms with Gasteiger partial charge in [-0.2, -0.15) is 13.2 Å². The second-order valence-corrected chi connectivity index (χ2v) is 7.70. The molecule has 166 valence electrons. The molecule has 0 aliphatic heterocycles. The molecular weight excluding hydrogens is 399 g/mol. The Kier molecular flexibility index (Phi) is 7.18. The van der Waals surface area contributed by atoms with Gasteiger partial charge in [0.25, 0.3) is 5.91 Å². The number of aromatic nitrogens is 2. The SMILES string of the molecule is Cc1ccc(C(C)C)cc1OC(C)C(=O)NCCC(O)(c1nccn1C)C(F)(F)F. The third-order valence-corrected chi connectivity index (χ3v) is 5.00. The molecule has 30 heavy (non-hydrogen) atoms. The number of carbonyl (C=O) groups excluding carboxylic acids is 1. The Balaban J connectivity index is 2.03. The minimum Gasteiger partial charge on any atom is -0.481 e. The van der Waals surface area contributed by atoms with Crippen LogP contribution in [-0.4, -0.2) is 39.4 Å². The van der Waals surface area contributed by atoms with Gasteiger partial charge in [-0.1, -0.05) is 26.0 Å². The van der Waals surface area contributed by atoms with E-state index >= 15 is 0 Å². The highest BCUT2D eigenvalue weighted by Crippen LogP contribution is 2.40. The predicted molar refractivity (Wildman–Crippen MR) is 106 cm³/mol. The molecule has 0 radical (unpaired) electrons. The number of imidazole rings is 1. The van der Waals surface area contributed by atoms with Gasteiger partial charge in [0.05, 0.1) is 0 Å². The van der Waals surface area contributed by atoms with Crippen molar-refractivity contribution in [2.45, 2.75) is 57.9 Å². The van der Waals surface area contributed by atoms with Crippen molar-refractivity contribution in [1.29, 1.82) is 0 Å². The molecule has 2 unspecified atom stereocenters. The highest BCUT2D eigenvalue weighted by molar-refractivity contribution is 5.80. The Labute approximate surface area is 174 Å². The topological polar surface area (TPSA) is 76.4 Å². The van der Waals surface area contributed by atoms with Crippen LogP contribution < -0.4 is 10.1 Å². The molecule has 1 heterocycles. The van der Waals surface area contributed by atoms with Crippen molar-refractivity contribution in [1.82, 2.24) is 14.9 Å². The molecule has 9 heteroatoms. The van der Waals surface area contributed by atoms with Gasteiger partial charge >= 0.3 is 6.18 Å². The zero-order valence-corrected chi connectivity index (χ0v) is 17.7. The van der Waals surface area contributed by atoms with Crippen molar-refractivity contribution in [2.24, 2.45) is 7.05 Å². The van der Waals surface area contributed by atoms with Gasteiger partial charge in [0.2, 0.25) is 5.60 Å². The minimum atomic E-state index is -4.95. The first-order valence-electron chi connectivity index (χ1n) is 9.68. The van der Waals surface area contributed by atoms with Crippen LogP contribution in [0.25, 0.3) is 0 Å². The lowest BCUT2D eigenvalue weighted by Crippen LogP contribution is -2.47. The molecule has 1 amide bonds. The number of aryl methyl sites for hydroxylation is 2. The maximum atomic E-state index is 13.5. The molecule has 0 spiro atoms. The first-order valence-corrected chi connectivity index (χ1v) is 9.68. The highest BCUT2D eigenvalue weighted by atomic mass is 19.4. The lowest BCUT2D eigenvalue weighted by atomic mass is 9.97. The van der Waals surface area contributed by atoms with E-state index in [1.54, 1.807) is 0 Å². The van der Waals surface area contributed by atoms with Crippen LogP contribution in [0.15, 0.2) is 30.6 Å². The Hall–Kier alpha value is -2.55. The molecule has 0 aliphatic carbocycles. The Morgan fingerprint density at radius 2 is 1.97 bits per heavy atom. The van der Waals surface area contributed by atoms with Crippen LogP contribution in [-0.2, 0) is 17.4 Å². The average Bonchev–Trinajstić information content (AvgIpc) is 3.08. The molecule has 0 saturated carbocycles. The zero-order chi connectivity index (χ0) is 22.7. The molecule has 6 nitrogen and oxygen atoms in total. The smallest absolute Gasteiger partial charge is 0.424 e. The Bertz CT molecular complexity index is 880. The van der Waals surface area contributed by atoms with Crippen molar-refractivity contribution >= 4 is 5.91 Å². The first kappa shape index (κ1) is 23.7. The summed E-state index contributed by atoms with van der Waals surface area (Å²) < 4.78 is 47.4. The molecular formula is C21H28F3N3O3. The van der Waals surface area contributed by atoms with Gasteiger partial charge < -0.3 is 19.7 Å². The number of nitrogens with zero attached hydrogens (tertiary/aromatic N) is 2. The average molecular weight is 427 g/mol. The van der Waals surface area contributed by atoms with Crippen LogP contribution in [0.1, 0.15) is 50.1 Å². The number of hydrogen-bond donors (Lipinski definition) is 2. The number of alkyl halides is 3. The summed E-state index contributed by atoms with van der Waals surface area (Å²) in [5.41, 5.74) is -1.28. The van der Waals surface area contributed by atoms with E-state index in [4.69, 9.17) is 4.74 Å². The normalized spacial score (nSPS) is 15.0. The van der Waals surface area contributed by atoms with E-state index in [-0.39, 0.29) is 5.92 Å². The number of ether oxygens (including phenoxy) is 1. The third-order valence-electron chi connectivity index (χ3n) is 5.00. The van der Waals surface area contributed by atoms with Crippen molar-refractivity contribution in [3.8, 4) is 5.75 Å². The van der Waals surface area contributed by atoms with Crippen LogP contribution in [0.4, 0.5) is 13.2 Å². The summed E-state index contributed by atoms with van der Waals surface area (Å²) in [6.07, 6.45) is -4.16. The summed E-state index contributed by atoms with van der Waals surface area (Å²) in [7, 11) is 1.36. The van der Waals surface area contributed by atoms with E-state index in [9.17, 15) is 23.1 Å². The second-order valence-electron chi connectivity index (χ2n) is 7.70. The summed E-state index contributed by atoms with van der Waals surface area (Å²) in [6.45, 7) is 7.04. The fourth-order valence-corrected chi connectivity index (χ4v) is 3.00. The largest absolute Gasteiger partial charge is 0.481 e. The monoisotopic (exact) mass is 427 g/mol. The number of benzene rings is 1. The molecule has 0 fully saturated rings.